The quantitative estimate of drug-likeness (QED) is 0.940. The number of rotatable bonds is 4. The fourth-order valence-electron chi connectivity index (χ4n) is 2.83. The van der Waals surface area contributed by atoms with Gasteiger partial charge in [-0.1, -0.05) is 0 Å². The Morgan fingerprint density at radius 2 is 2.10 bits per heavy atom. The van der Waals surface area contributed by atoms with Crippen LogP contribution < -0.4 is 5.32 Å². The van der Waals surface area contributed by atoms with Crippen LogP contribution in [0.1, 0.15) is 32.5 Å². The molecule has 0 radical (unpaired) electrons. The molecular formula is C15H21N3O2S. The molecule has 3 heterocycles. The number of fused-ring (bicyclic) bond motifs is 1. The Morgan fingerprint density at radius 3 is 2.81 bits per heavy atom. The standard InChI is InChI=1S/C15H21N3O2S/c1-9-6-11(7-10(2)20-9)19-8-13-17-14(16-3)12-4-5-21-15(12)18-13/h4-5,9-11H,6-8H2,1-3H3,(H,16,17,18). The van der Waals surface area contributed by atoms with Crippen molar-refractivity contribution in [2.75, 3.05) is 12.4 Å². The van der Waals surface area contributed by atoms with Crippen molar-refractivity contribution in [2.45, 2.75) is 51.6 Å². The molecule has 1 fully saturated rings. The van der Waals surface area contributed by atoms with E-state index in [9.17, 15) is 0 Å². The SMILES string of the molecule is CNc1nc(COC2CC(C)OC(C)C2)nc2sccc12. The Bertz CT molecular complexity index is 606. The number of hydrogen-bond acceptors (Lipinski definition) is 6. The second-order valence-corrected chi connectivity index (χ2v) is 6.43. The molecule has 0 bridgehead atoms. The topological polar surface area (TPSA) is 56.3 Å². The average Bonchev–Trinajstić information content (AvgIpc) is 2.91. The Labute approximate surface area is 128 Å². The number of ether oxygens (including phenoxy) is 2. The van der Waals surface area contributed by atoms with Gasteiger partial charge in [0, 0.05) is 7.05 Å². The van der Waals surface area contributed by atoms with Crippen molar-refractivity contribution in [1.29, 1.82) is 0 Å². The van der Waals surface area contributed by atoms with Crippen LogP contribution >= 0.6 is 11.3 Å². The van der Waals surface area contributed by atoms with E-state index >= 15 is 0 Å². The summed E-state index contributed by atoms with van der Waals surface area (Å²) in [5.41, 5.74) is 0. The highest BCUT2D eigenvalue weighted by atomic mass is 32.1. The van der Waals surface area contributed by atoms with Gasteiger partial charge in [0.25, 0.3) is 0 Å². The molecule has 2 aromatic heterocycles. The van der Waals surface area contributed by atoms with Gasteiger partial charge < -0.3 is 14.8 Å². The summed E-state index contributed by atoms with van der Waals surface area (Å²) in [7, 11) is 1.88. The molecule has 3 rings (SSSR count). The first-order valence-corrected chi connectivity index (χ1v) is 8.22. The zero-order chi connectivity index (χ0) is 14.8. The van der Waals surface area contributed by atoms with Gasteiger partial charge >= 0.3 is 0 Å². The number of nitrogens with zero attached hydrogens (tertiary/aromatic N) is 2. The van der Waals surface area contributed by atoms with Crippen molar-refractivity contribution in [3.8, 4) is 0 Å². The number of hydrogen-bond donors (Lipinski definition) is 1. The van der Waals surface area contributed by atoms with E-state index in [4.69, 9.17) is 9.47 Å². The summed E-state index contributed by atoms with van der Waals surface area (Å²) in [6.07, 6.45) is 2.61. The second kappa shape index (κ2) is 6.25. The highest BCUT2D eigenvalue weighted by Crippen LogP contribution is 2.26. The van der Waals surface area contributed by atoms with E-state index in [1.165, 1.54) is 0 Å². The fourth-order valence-corrected chi connectivity index (χ4v) is 3.61. The van der Waals surface area contributed by atoms with E-state index in [1.807, 2.05) is 18.5 Å². The number of thiophene rings is 1. The van der Waals surface area contributed by atoms with Crippen LogP contribution in [0.2, 0.25) is 0 Å². The minimum absolute atomic E-state index is 0.226. The van der Waals surface area contributed by atoms with Crippen LogP contribution in [0.15, 0.2) is 11.4 Å². The van der Waals surface area contributed by atoms with Gasteiger partial charge in [0.15, 0.2) is 5.82 Å². The summed E-state index contributed by atoms with van der Waals surface area (Å²) in [4.78, 5) is 10.1. The maximum Gasteiger partial charge on any atom is 0.158 e. The maximum atomic E-state index is 6.01. The van der Waals surface area contributed by atoms with Crippen molar-refractivity contribution in [2.24, 2.45) is 0 Å². The molecule has 0 aliphatic carbocycles. The van der Waals surface area contributed by atoms with E-state index in [1.54, 1.807) is 11.3 Å². The lowest BCUT2D eigenvalue weighted by Gasteiger charge is -2.31. The third kappa shape index (κ3) is 3.33. The minimum atomic E-state index is 0.226. The predicted molar refractivity (Wildman–Crippen MR) is 84.8 cm³/mol. The molecule has 2 aromatic rings. The summed E-state index contributed by atoms with van der Waals surface area (Å²) in [6, 6.07) is 2.04. The summed E-state index contributed by atoms with van der Waals surface area (Å²) >= 11 is 1.63. The minimum Gasteiger partial charge on any atom is -0.375 e. The van der Waals surface area contributed by atoms with Crippen LogP contribution in [-0.2, 0) is 16.1 Å². The van der Waals surface area contributed by atoms with Gasteiger partial charge in [0.1, 0.15) is 17.3 Å². The number of nitrogens with one attached hydrogen (secondary N) is 1. The monoisotopic (exact) mass is 307 g/mol. The molecular weight excluding hydrogens is 286 g/mol. The Balaban J connectivity index is 1.70. The van der Waals surface area contributed by atoms with Crippen LogP contribution in [-0.4, -0.2) is 35.3 Å². The van der Waals surface area contributed by atoms with Gasteiger partial charge in [-0.25, -0.2) is 9.97 Å². The molecule has 0 saturated carbocycles. The van der Waals surface area contributed by atoms with Gasteiger partial charge in [-0.15, -0.1) is 11.3 Å². The molecule has 21 heavy (non-hydrogen) atoms. The zero-order valence-corrected chi connectivity index (χ0v) is 13.4. The highest BCUT2D eigenvalue weighted by molar-refractivity contribution is 7.16. The average molecular weight is 307 g/mol. The van der Waals surface area contributed by atoms with Crippen molar-refractivity contribution in [1.82, 2.24) is 9.97 Å². The Kier molecular flexibility index (Phi) is 4.37. The van der Waals surface area contributed by atoms with Crippen LogP contribution in [0.4, 0.5) is 5.82 Å². The van der Waals surface area contributed by atoms with E-state index in [-0.39, 0.29) is 18.3 Å². The maximum absolute atomic E-state index is 6.01. The molecule has 0 amide bonds. The van der Waals surface area contributed by atoms with Gasteiger partial charge in [-0.2, -0.15) is 0 Å². The van der Waals surface area contributed by atoms with Gasteiger partial charge in [0.05, 0.1) is 23.7 Å². The lowest BCUT2D eigenvalue weighted by atomic mass is 10.0. The van der Waals surface area contributed by atoms with Crippen LogP contribution in [0.3, 0.4) is 0 Å². The largest absolute Gasteiger partial charge is 0.375 e. The van der Waals surface area contributed by atoms with Crippen molar-refractivity contribution < 1.29 is 9.47 Å². The first kappa shape index (κ1) is 14.7. The molecule has 2 unspecified atom stereocenters. The lowest BCUT2D eigenvalue weighted by molar-refractivity contribution is -0.107. The number of anilines is 1. The van der Waals surface area contributed by atoms with E-state index in [0.717, 1.165) is 34.7 Å². The van der Waals surface area contributed by atoms with E-state index < -0.39 is 0 Å². The Morgan fingerprint density at radius 1 is 1.33 bits per heavy atom. The third-order valence-corrected chi connectivity index (χ3v) is 4.52. The molecule has 6 heteroatoms. The first-order valence-electron chi connectivity index (χ1n) is 7.34. The summed E-state index contributed by atoms with van der Waals surface area (Å²) in [5, 5.41) is 6.23. The van der Waals surface area contributed by atoms with Crippen LogP contribution in [0.25, 0.3) is 10.2 Å². The molecule has 2 atom stereocenters. The second-order valence-electron chi connectivity index (χ2n) is 5.54. The van der Waals surface area contributed by atoms with E-state index in [2.05, 4.69) is 29.1 Å². The van der Waals surface area contributed by atoms with Crippen molar-refractivity contribution in [3.63, 3.8) is 0 Å². The predicted octanol–water partition coefficient (Wildman–Crippen LogP) is 3.21. The summed E-state index contributed by atoms with van der Waals surface area (Å²) < 4.78 is 11.7. The molecule has 1 aliphatic rings. The molecule has 0 spiro atoms. The smallest absolute Gasteiger partial charge is 0.158 e. The van der Waals surface area contributed by atoms with Crippen molar-refractivity contribution in [3.05, 3.63) is 17.3 Å². The normalized spacial score (nSPS) is 26.1. The van der Waals surface area contributed by atoms with Gasteiger partial charge in [-0.3, -0.25) is 0 Å². The van der Waals surface area contributed by atoms with Crippen LogP contribution in [0, 0.1) is 0 Å². The van der Waals surface area contributed by atoms with Gasteiger partial charge in [-0.05, 0) is 38.1 Å². The molecule has 0 aromatic carbocycles. The molecule has 1 saturated heterocycles. The van der Waals surface area contributed by atoms with Crippen LogP contribution in [0.5, 0.6) is 0 Å². The number of aromatic nitrogens is 2. The fraction of sp³-hybridized carbons (Fsp3) is 0.600. The molecule has 1 N–H and O–H groups in total. The van der Waals surface area contributed by atoms with Crippen molar-refractivity contribution >= 4 is 27.4 Å². The first-order chi connectivity index (χ1) is 10.2. The summed E-state index contributed by atoms with van der Waals surface area (Å²) in [5.74, 6) is 1.61. The van der Waals surface area contributed by atoms with E-state index in [0.29, 0.717) is 6.61 Å². The zero-order valence-electron chi connectivity index (χ0n) is 12.6. The lowest BCUT2D eigenvalue weighted by Crippen LogP contribution is -2.34. The highest BCUT2D eigenvalue weighted by Gasteiger charge is 2.25. The Hall–Kier alpha value is -1.24. The third-order valence-electron chi connectivity index (χ3n) is 3.71. The molecule has 114 valence electrons. The van der Waals surface area contributed by atoms with Gasteiger partial charge in [0.2, 0.25) is 0 Å². The summed E-state index contributed by atoms with van der Waals surface area (Å²) in [6.45, 7) is 4.64. The molecule has 1 aliphatic heterocycles. The molecule has 5 nitrogen and oxygen atoms in total.